The van der Waals surface area contributed by atoms with Gasteiger partial charge in [-0.3, -0.25) is 0 Å². The lowest BCUT2D eigenvalue weighted by atomic mass is 10.2. The minimum Gasteiger partial charge on any atom is -0.346 e. The minimum atomic E-state index is 0.0541. The van der Waals surface area contributed by atoms with E-state index in [0.29, 0.717) is 0 Å². The van der Waals surface area contributed by atoms with Gasteiger partial charge in [0.15, 0.2) is 9.79 Å². The lowest BCUT2D eigenvalue weighted by Gasteiger charge is -1.99. The molecule has 110 valence electrons. The first-order chi connectivity index (χ1) is 10.7. The molecule has 2 aromatic carbocycles. The Labute approximate surface area is 133 Å². The van der Waals surface area contributed by atoms with Gasteiger partial charge in [-0.2, -0.15) is 0 Å². The van der Waals surface area contributed by atoms with Gasteiger partial charge in [-0.25, -0.2) is 0 Å². The summed E-state index contributed by atoms with van der Waals surface area (Å²) in [6, 6.07) is 17.3. The molecule has 0 unspecified atom stereocenters. The fraction of sp³-hybridized carbons (Fsp3) is 0.158. The van der Waals surface area contributed by atoms with Gasteiger partial charge in [0.1, 0.15) is 6.26 Å². The first-order valence-corrected chi connectivity index (χ1v) is 9.04. The molecule has 0 fully saturated rings. The predicted octanol–water partition coefficient (Wildman–Crippen LogP) is 4.34. The number of rotatable bonds is 2. The zero-order valence-electron chi connectivity index (χ0n) is 13.1. The third kappa shape index (κ3) is 1.89. The van der Waals surface area contributed by atoms with Crippen LogP contribution in [0.5, 0.6) is 0 Å². The Hall–Kier alpha value is -2.13. The zero-order chi connectivity index (χ0) is 15.3. The highest BCUT2D eigenvalue weighted by Gasteiger charge is 2.27. The zero-order valence-corrected chi connectivity index (χ0v) is 13.9. The van der Waals surface area contributed by atoms with Crippen molar-refractivity contribution in [2.24, 2.45) is 14.1 Å². The Morgan fingerprint density at radius 1 is 0.682 bits per heavy atom. The van der Waals surface area contributed by atoms with E-state index in [4.69, 9.17) is 0 Å². The van der Waals surface area contributed by atoms with E-state index in [9.17, 15) is 0 Å². The quantitative estimate of drug-likeness (QED) is 0.488. The van der Waals surface area contributed by atoms with Gasteiger partial charge in [0.05, 0.1) is 45.1 Å². The van der Waals surface area contributed by atoms with E-state index in [1.165, 1.54) is 31.6 Å². The lowest BCUT2D eigenvalue weighted by molar-refractivity contribution is 0.953. The van der Waals surface area contributed by atoms with Crippen molar-refractivity contribution < 1.29 is 0 Å². The smallest absolute Gasteiger partial charge is 0.185 e. The summed E-state index contributed by atoms with van der Waals surface area (Å²) >= 11 is 0. The van der Waals surface area contributed by atoms with E-state index in [1.807, 2.05) is 0 Å². The SMILES string of the molecule is Cn1cc([S+](C)c2cn(C)c3ccccc23)c2ccccc21. The largest absolute Gasteiger partial charge is 0.346 e. The maximum absolute atomic E-state index is 2.34. The van der Waals surface area contributed by atoms with Crippen LogP contribution in [0.4, 0.5) is 0 Å². The molecule has 0 N–H and O–H groups in total. The third-order valence-corrected chi connectivity index (χ3v) is 6.35. The van der Waals surface area contributed by atoms with E-state index in [2.05, 4.69) is 90.4 Å². The molecule has 0 amide bonds. The molecule has 0 atom stereocenters. The Morgan fingerprint density at radius 3 is 1.55 bits per heavy atom. The second-order valence-corrected chi connectivity index (χ2v) is 7.65. The first kappa shape index (κ1) is 13.5. The average molecular weight is 307 g/mol. The maximum atomic E-state index is 2.34. The van der Waals surface area contributed by atoms with Crippen molar-refractivity contribution in [3.63, 3.8) is 0 Å². The van der Waals surface area contributed by atoms with Crippen LogP contribution in [0.1, 0.15) is 0 Å². The van der Waals surface area contributed by atoms with Crippen molar-refractivity contribution in [1.29, 1.82) is 0 Å². The average Bonchev–Trinajstić information content (AvgIpc) is 3.06. The van der Waals surface area contributed by atoms with Crippen LogP contribution in [0.3, 0.4) is 0 Å². The summed E-state index contributed by atoms with van der Waals surface area (Å²) in [6.45, 7) is 0. The van der Waals surface area contributed by atoms with Crippen LogP contribution in [0.15, 0.2) is 70.7 Å². The molecule has 0 bridgehead atoms. The molecule has 0 aliphatic rings. The van der Waals surface area contributed by atoms with Gasteiger partial charge in [0.2, 0.25) is 0 Å². The Kier molecular flexibility index (Phi) is 3.05. The highest BCUT2D eigenvalue weighted by molar-refractivity contribution is 7.96. The van der Waals surface area contributed by atoms with Crippen molar-refractivity contribution in [3.05, 3.63) is 60.9 Å². The Bertz CT molecular complexity index is 898. The molecule has 0 aliphatic heterocycles. The second kappa shape index (κ2) is 4.96. The number of aryl methyl sites for hydroxylation is 2. The van der Waals surface area contributed by atoms with E-state index in [1.54, 1.807) is 0 Å². The minimum absolute atomic E-state index is 0.0541. The monoisotopic (exact) mass is 307 g/mol. The van der Waals surface area contributed by atoms with Crippen LogP contribution in [0, 0.1) is 0 Å². The molecule has 2 aromatic heterocycles. The molecule has 22 heavy (non-hydrogen) atoms. The summed E-state index contributed by atoms with van der Waals surface area (Å²) in [6.07, 6.45) is 6.91. The van der Waals surface area contributed by atoms with Crippen molar-refractivity contribution >= 4 is 32.7 Å². The van der Waals surface area contributed by atoms with Crippen molar-refractivity contribution in [2.45, 2.75) is 9.79 Å². The number of nitrogens with zero attached hydrogens (tertiary/aromatic N) is 2. The van der Waals surface area contributed by atoms with Gasteiger partial charge in [-0.1, -0.05) is 24.3 Å². The van der Waals surface area contributed by atoms with Crippen LogP contribution in [0.25, 0.3) is 21.8 Å². The van der Waals surface area contributed by atoms with Gasteiger partial charge >= 0.3 is 0 Å². The van der Waals surface area contributed by atoms with Gasteiger partial charge in [-0.05, 0) is 24.3 Å². The van der Waals surface area contributed by atoms with Gasteiger partial charge in [0.25, 0.3) is 0 Å². The highest BCUT2D eigenvalue weighted by Crippen LogP contribution is 2.34. The van der Waals surface area contributed by atoms with Crippen LogP contribution in [0.2, 0.25) is 0 Å². The van der Waals surface area contributed by atoms with Crippen LogP contribution in [-0.2, 0) is 25.0 Å². The molecular formula is C19H19N2S+. The summed E-state index contributed by atoms with van der Waals surface area (Å²) in [5.74, 6) is 0. The lowest BCUT2D eigenvalue weighted by Crippen LogP contribution is -1.99. The topological polar surface area (TPSA) is 9.86 Å². The van der Waals surface area contributed by atoms with Crippen molar-refractivity contribution in [2.75, 3.05) is 6.26 Å². The molecule has 4 aromatic rings. The predicted molar refractivity (Wildman–Crippen MR) is 95.7 cm³/mol. The van der Waals surface area contributed by atoms with Gasteiger partial charge in [0, 0.05) is 14.1 Å². The normalized spacial score (nSPS) is 11.8. The number of benzene rings is 2. The number of para-hydroxylation sites is 2. The molecule has 3 heteroatoms. The summed E-state index contributed by atoms with van der Waals surface area (Å²) in [4.78, 5) is 2.85. The molecule has 0 radical (unpaired) electrons. The fourth-order valence-corrected chi connectivity index (χ4v) is 5.09. The Morgan fingerprint density at radius 2 is 1.09 bits per heavy atom. The number of hydrogen-bond donors (Lipinski definition) is 0. The van der Waals surface area contributed by atoms with E-state index < -0.39 is 0 Å². The van der Waals surface area contributed by atoms with Gasteiger partial charge in [-0.15, -0.1) is 0 Å². The van der Waals surface area contributed by atoms with Crippen LogP contribution in [-0.4, -0.2) is 15.4 Å². The third-order valence-electron chi connectivity index (χ3n) is 4.38. The highest BCUT2D eigenvalue weighted by atomic mass is 32.2. The van der Waals surface area contributed by atoms with Crippen molar-refractivity contribution in [3.8, 4) is 0 Å². The van der Waals surface area contributed by atoms with Crippen molar-refractivity contribution in [1.82, 2.24) is 9.13 Å². The van der Waals surface area contributed by atoms with Gasteiger partial charge < -0.3 is 9.13 Å². The van der Waals surface area contributed by atoms with E-state index >= 15 is 0 Å². The molecule has 4 rings (SSSR count). The standard InChI is InChI=1S/C19H19N2S/c1-20-12-18(14-8-4-6-10-16(14)20)22(3)19-13-21(2)17-11-7-5-9-15(17)19/h4-13H,1-3H3/q+1. The molecule has 0 spiro atoms. The molecular weight excluding hydrogens is 288 g/mol. The fourth-order valence-electron chi connectivity index (χ4n) is 3.22. The first-order valence-electron chi connectivity index (χ1n) is 7.41. The van der Waals surface area contributed by atoms with E-state index in [0.717, 1.165) is 0 Å². The van der Waals surface area contributed by atoms with Crippen LogP contribution < -0.4 is 0 Å². The summed E-state index contributed by atoms with van der Waals surface area (Å²) in [7, 11) is 4.32. The molecule has 2 nitrogen and oxygen atoms in total. The maximum Gasteiger partial charge on any atom is 0.185 e. The summed E-state index contributed by atoms with van der Waals surface area (Å²) in [5.41, 5.74) is 2.61. The second-order valence-electron chi connectivity index (χ2n) is 5.75. The number of aromatic nitrogens is 2. The van der Waals surface area contributed by atoms with E-state index in [-0.39, 0.29) is 10.9 Å². The molecule has 0 saturated heterocycles. The summed E-state index contributed by atoms with van der Waals surface area (Å²) in [5, 5.41) is 2.73. The van der Waals surface area contributed by atoms with Crippen LogP contribution >= 0.6 is 0 Å². The Balaban J connectivity index is 1.94. The summed E-state index contributed by atoms with van der Waals surface area (Å²) < 4.78 is 4.47. The number of hydrogen-bond acceptors (Lipinski definition) is 0. The molecule has 0 saturated carbocycles. The molecule has 2 heterocycles. The molecule has 0 aliphatic carbocycles. The number of fused-ring (bicyclic) bond motifs is 2.